The molecule has 2 aromatic carbocycles. The largest absolute Gasteiger partial charge is 0.492 e. The van der Waals surface area contributed by atoms with Gasteiger partial charge < -0.3 is 20.6 Å². The summed E-state index contributed by atoms with van der Waals surface area (Å²) >= 11 is 0. The van der Waals surface area contributed by atoms with Crippen LogP contribution in [0.15, 0.2) is 42.6 Å². The summed E-state index contributed by atoms with van der Waals surface area (Å²) in [5, 5.41) is 11.7. The number of carbonyl (C=O) groups is 1. The highest BCUT2D eigenvalue weighted by Gasteiger charge is 2.40. The van der Waals surface area contributed by atoms with Crippen molar-refractivity contribution >= 4 is 17.3 Å². The SMILES string of the molecule is Cc1ccc([C@@H](c2ccc(N(C)N)c(N)c2C)C(C)(C)C(=O)O)cc1CN1CCOc2ccnc(F)c2C1. The number of aryl methyl sites for hydroxylation is 1. The van der Waals surface area contributed by atoms with Crippen molar-refractivity contribution in [1.29, 1.82) is 0 Å². The van der Waals surface area contributed by atoms with Crippen molar-refractivity contribution in [2.45, 2.75) is 46.7 Å². The van der Waals surface area contributed by atoms with Crippen LogP contribution >= 0.6 is 0 Å². The number of nitrogens with zero attached hydrogens (tertiary/aromatic N) is 3. The number of nitrogens with two attached hydrogens (primary N) is 2. The number of pyridine rings is 1. The maximum absolute atomic E-state index is 14.5. The standard InChI is InChI=1S/C29H36FN5O3/c1-17-6-7-19(14-20(17)15-35-12-13-38-24-10-11-33-27(30)22(24)16-35)25(29(3,4)28(36)37)21-8-9-23(34(5)32)26(31)18(21)2/h6-11,14,25H,12-13,15-16,31-32H2,1-5H3,(H,36,37)/t25-/m0/s1. The van der Waals surface area contributed by atoms with Crippen LogP contribution < -0.4 is 21.3 Å². The normalized spacial score (nSPS) is 14.8. The summed E-state index contributed by atoms with van der Waals surface area (Å²) in [6.07, 6.45) is 1.41. The molecule has 9 heteroatoms. The van der Waals surface area contributed by atoms with Gasteiger partial charge in [-0.15, -0.1) is 0 Å². The Balaban J connectivity index is 1.76. The zero-order valence-corrected chi connectivity index (χ0v) is 22.6. The van der Waals surface area contributed by atoms with Crippen LogP contribution in [0.25, 0.3) is 0 Å². The minimum atomic E-state index is -1.13. The van der Waals surface area contributed by atoms with Crippen LogP contribution in [0.4, 0.5) is 15.8 Å². The second-order valence-corrected chi connectivity index (χ2v) is 10.6. The molecule has 0 bridgehead atoms. The third-order valence-corrected chi connectivity index (χ3v) is 7.61. The van der Waals surface area contributed by atoms with Crippen molar-refractivity contribution in [3.05, 3.63) is 81.9 Å². The van der Waals surface area contributed by atoms with Crippen molar-refractivity contribution in [3.63, 3.8) is 0 Å². The third kappa shape index (κ3) is 5.16. The van der Waals surface area contributed by atoms with E-state index in [2.05, 4.69) is 16.0 Å². The number of aliphatic carboxylic acids is 1. The van der Waals surface area contributed by atoms with E-state index in [4.69, 9.17) is 16.3 Å². The maximum Gasteiger partial charge on any atom is 0.310 e. The molecule has 0 saturated heterocycles. The van der Waals surface area contributed by atoms with Crippen molar-refractivity contribution in [2.75, 3.05) is 30.9 Å². The lowest BCUT2D eigenvalue weighted by molar-refractivity contribution is -0.147. The Bertz CT molecular complexity index is 1360. The van der Waals surface area contributed by atoms with Gasteiger partial charge in [0.1, 0.15) is 12.4 Å². The first kappa shape index (κ1) is 27.3. The van der Waals surface area contributed by atoms with Crippen molar-refractivity contribution in [1.82, 2.24) is 9.88 Å². The van der Waals surface area contributed by atoms with Crippen LogP contribution in [0.3, 0.4) is 0 Å². The van der Waals surface area contributed by atoms with Crippen LogP contribution in [0.5, 0.6) is 5.75 Å². The lowest BCUT2D eigenvalue weighted by Gasteiger charge is -2.34. The number of hydrogen-bond donors (Lipinski definition) is 3. The van der Waals surface area contributed by atoms with E-state index in [1.165, 1.54) is 11.2 Å². The highest BCUT2D eigenvalue weighted by Crippen LogP contribution is 2.45. The molecule has 1 aliphatic heterocycles. The number of carboxylic acid groups (broad SMARTS) is 1. The van der Waals surface area contributed by atoms with Gasteiger partial charge in [-0.2, -0.15) is 4.39 Å². The van der Waals surface area contributed by atoms with Gasteiger partial charge in [0.05, 0.1) is 22.4 Å². The van der Waals surface area contributed by atoms with Crippen molar-refractivity contribution < 1.29 is 19.0 Å². The number of nitrogen functional groups attached to an aromatic ring is 1. The van der Waals surface area contributed by atoms with Gasteiger partial charge in [0.25, 0.3) is 0 Å². The summed E-state index contributed by atoms with van der Waals surface area (Å²) in [4.78, 5) is 18.4. The van der Waals surface area contributed by atoms with E-state index in [0.717, 1.165) is 27.8 Å². The Labute approximate surface area is 223 Å². The van der Waals surface area contributed by atoms with E-state index in [9.17, 15) is 14.3 Å². The third-order valence-electron chi connectivity index (χ3n) is 7.61. The second kappa shape index (κ2) is 10.6. The number of fused-ring (bicyclic) bond motifs is 1. The molecule has 0 spiro atoms. The van der Waals surface area contributed by atoms with Gasteiger partial charge in [-0.05, 0) is 67.6 Å². The molecule has 0 radical (unpaired) electrons. The fourth-order valence-electron chi connectivity index (χ4n) is 5.19. The first-order valence-electron chi connectivity index (χ1n) is 12.6. The summed E-state index contributed by atoms with van der Waals surface area (Å²) in [7, 11) is 1.71. The van der Waals surface area contributed by atoms with Crippen LogP contribution in [0.2, 0.25) is 0 Å². The van der Waals surface area contributed by atoms with E-state index in [1.807, 2.05) is 38.1 Å². The van der Waals surface area contributed by atoms with Crippen LogP contribution in [0.1, 0.15) is 53.1 Å². The molecule has 0 fully saturated rings. The molecule has 38 heavy (non-hydrogen) atoms. The van der Waals surface area contributed by atoms with Crippen LogP contribution in [0, 0.1) is 25.2 Å². The molecule has 202 valence electrons. The van der Waals surface area contributed by atoms with E-state index in [1.54, 1.807) is 27.0 Å². The molecular formula is C29H36FN5O3. The van der Waals surface area contributed by atoms with Crippen LogP contribution in [-0.4, -0.2) is 41.2 Å². The summed E-state index contributed by atoms with van der Waals surface area (Å²) in [5.74, 6) is 4.56. The quantitative estimate of drug-likeness (QED) is 0.182. The Hall–Kier alpha value is -3.69. The van der Waals surface area contributed by atoms with E-state index in [-0.39, 0.29) is 0 Å². The zero-order valence-electron chi connectivity index (χ0n) is 22.6. The molecule has 3 aromatic rings. The molecule has 4 rings (SSSR count). The molecule has 8 nitrogen and oxygen atoms in total. The molecule has 1 atom stereocenters. The monoisotopic (exact) mass is 521 g/mol. The summed E-state index contributed by atoms with van der Waals surface area (Å²) in [6, 6.07) is 11.5. The number of benzene rings is 2. The first-order valence-corrected chi connectivity index (χ1v) is 12.6. The molecule has 0 aliphatic carbocycles. The number of rotatable bonds is 7. The Morgan fingerprint density at radius 3 is 2.68 bits per heavy atom. The molecule has 5 N–H and O–H groups in total. The smallest absolute Gasteiger partial charge is 0.310 e. The van der Waals surface area contributed by atoms with Crippen LogP contribution in [-0.2, 0) is 17.9 Å². The summed E-state index contributed by atoms with van der Waals surface area (Å²) in [6.45, 7) is 9.36. The van der Waals surface area contributed by atoms with E-state index >= 15 is 0 Å². The summed E-state index contributed by atoms with van der Waals surface area (Å²) < 4.78 is 20.2. The number of hydrazine groups is 1. The van der Waals surface area contributed by atoms with E-state index < -0.39 is 23.2 Å². The predicted molar refractivity (Wildman–Crippen MR) is 146 cm³/mol. The topological polar surface area (TPSA) is 118 Å². The molecule has 2 heterocycles. The van der Waals surface area contributed by atoms with Gasteiger partial charge in [0, 0.05) is 38.8 Å². The second-order valence-electron chi connectivity index (χ2n) is 10.6. The Morgan fingerprint density at radius 2 is 2.00 bits per heavy atom. The fraction of sp³-hybridized carbons (Fsp3) is 0.379. The number of ether oxygens (including phenoxy) is 1. The molecule has 0 unspecified atom stereocenters. The maximum atomic E-state index is 14.5. The lowest BCUT2D eigenvalue weighted by Crippen LogP contribution is -2.33. The van der Waals surface area contributed by atoms with E-state index in [0.29, 0.717) is 48.9 Å². The highest BCUT2D eigenvalue weighted by atomic mass is 19.1. The minimum absolute atomic E-state index is 0.367. The Morgan fingerprint density at radius 1 is 1.26 bits per heavy atom. The highest BCUT2D eigenvalue weighted by molar-refractivity contribution is 5.78. The molecule has 0 amide bonds. The van der Waals surface area contributed by atoms with Crippen molar-refractivity contribution in [3.8, 4) is 5.75 Å². The fourth-order valence-corrected chi connectivity index (χ4v) is 5.19. The van der Waals surface area contributed by atoms with Gasteiger partial charge >= 0.3 is 5.97 Å². The Kier molecular flexibility index (Phi) is 7.62. The van der Waals surface area contributed by atoms with Gasteiger partial charge in [-0.25, -0.2) is 10.8 Å². The number of hydrogen-bond acceptors (Lipinski definition) is 7. The number of carboxylic acids is 1. The lowest BCUT2D eigenvalue weighted by atomic mass is 9.69. The molecule has 1 aliphatic rings. The number of halogens is 1. The zero-order chi connectivity index (χ0) is 27.8. The molecular weight excluding hydrogens is 485 g/mol. The number of aromatic nitrogens is 1. The van der Waals surface area contributed by atoms with Gasteiger partial charge in [-0.1, -0.05) is 24.3 Å². The van der Waals surface area contributed by atoms with Gasteiger partial charge in [0.15, 0.2) is 0 Å². The van der Waals surface area contributed by atoms with Crippen molar-refractivity contribution in [2.24, 2.45) is 11.3 Å². The minimum Gasteiger partial charge on any atom is -0.492 e. The van der Waals surface area contributed by atoms with Gasteiger partial charge in [0.2, 0.25) is 5.95 Å². The number of anilines is 2. The average Bonchev–Trinajstić information content (AvgIpc) is 3.06. The molecule has 1 aromatic heterocycles. The predicted octanol–water partition coefficient (Wildman–Crippen LogP) is 4.37. The summed E-state index contributed by atoms with van der Waals surface area (Å²) in [5.41, 5.74) is 11.5. The van der Waals surface area contributed by atoms with Gasteiger partial charge in [-0.3, -0.25) is 9.69 Å². The molecule has 0 saturated carbocycles. The first-order chi connectivity index (χ1) is 17.9. The average molecular weight is 522 g/mol.